The minimum Gasteiger partial charge on any atom is -0.410 e. The molecule has 0 N–H and O–H groups in total. The Balaban J connectivity index is 2.18. The first kappa shape index (κ1) is 14.7. The number of carbonyl (C=O) groups is 2. The van der Waals surface area contributed by atoms with E-state index in [1.165, 1.54) is 0 Å². The van der Waals surface area contributed by atoms with Crippen LogP contribution < -0.4 is 0 Å². The molecule has 0 aliphatic carbocycles. The highest BCUT2D eigenvalue weighted by Crippen LogP contribution is 2.29. The van der Waals surface area contributed by atoms with Crippen LogP contribution in [0.4, 0.5) is 0 Å². The zero-order valence-corrected chi connectivity index (χ0v) is 12.7. The van der Waals surface area contributed by atoms with Gasteiger partial charge in [0.25, 0.3) is 0 Å². The van der Waals surface area contributed by atoms with Crippen LogP contribution in [0.5, 0.6) is 0 Å². The number of ether oxygens (including phenoxy) is 2. The Labute approximate surface area is 118 Å². The first-order valence-corrected chi connectivity index (χ1v) is 6.68. The van der Waals surface area contributed by atoms with Crippen molar-refractivity contribution in [2.45, 2.75) is 52.6 Å². The van der Waals surface area contributed by atoms with Gasteiger partial charge in [-0.3, -0.25) is 0 Å². The van der Waals surface area contributed by atoms with Gasteiger partial charge in [-0.15, -0.1) is 0 Å². The molecule has 2 atom stereocenters. The van der Waals surface area contributed by atoms with Gasteiger partial charge in [0, 0.05) is 11.8 Å². The van der Waals surface area contributed by atoms with Crippen molar-refractivity contribution in [1.82, 2.24) is 0 Å². The molecule has 6 nitrogen and oxygen atoms in total. The summed E-state index contributed by atoms with van der Waals surface area (Å²) in [5.41, 5.74) is -1.70. The lowest BCUT2D eigenvalue weighted by Crippen LogP contribution is -2.28. The highest BCUT2D eigenvalue weighted by molar-refractivity contribution is 6.04. The molecule has 0 aromatic rings. The van der Waals surface area contributed by atoms with E-state index in [1.807, 2.05) is 13.8 Å². The van der Waals surface area contributed by atoms with Crippen molar-refractivity contribution in [3.63, 3.8) is 0 Å². The molecule has 2 heterocycles. The fourth-order valence-corrected chi connectivity index (χ4v) is 1.94. The van der Waals surface area contributed by atoms with E-state index >= 15 is 0 Å². The maximum atomic E-state index is 11.7. The van der Waals surface area contributed by atoms with Crippen LogP contribution in [0, 0.1) is 11.8 Å². The third-order valence-electron chi connectivity index (χ3n) is 3.70. The molecule has 20 heavy (non-hydrogen) atoms. The summed E-state index contributed by atoms with van der Waals surface area (Å²) in [7, 11) is 0. The monoisotopic (exact) mass is 280 g/mol. The summed E-state index contributed by atoms with van der Waals surface area (Å²) in [5.74, 6) is -0.372. The number of esters is 2. The Morgan fingerprint density at radius 2 is 1.10 bits per heavy atom. The minimum absolute atomic E-state index is 0.193. The second-order valence-electron chi connectivity index (χ2n) is 6.37. The molecule has 2 aliphatic rings. The zero-order valence-electron chi connectivity index (χ0n) is 12.7. The molecule has 110 valence electrons. The number of nitrogens with zero attached hydrogens (tertiary/aromatic N) is 2. The lowest BCUT2D eigenvalue weighted by Gasteiger charge is -2.17. The van der Waals surface area contributed by atoms with Crippen LogP contribution in [0.2, 0.25) is 0 Å². The van der Waals surface area contributed by atoms with Crippen LogP contribution >= 0.6 is 0 Å². The summed E-state index contributed by atoms with van der Waals surface area (Å²) in [6.45, 7) is 10.6. The van der Waals surface area contributed by atoms with Gasteiger partial charge in [0.1, 0.15) is 0 Å². The second-order valence-corrected chi connectivity index (χ2v) is 6.37. The number of rotatable bonds is 3. The molecule has 0 aromatic heterocycles. The van der Waals surface area contributed by atoms with E-state index in [0.717, 1.165) is 0 Å². The number of carbonyl (C=O) groups excluding carboxylic acids is 2. The molecule has 0 spiro atoms. The van der Waals surface area contributed by atoms with Gasteiger partial charge in [-0.2, -0.15) is 0 Å². The lowest BCUT2D eigenvalue weighted by atomic mass is 9.95. The SMILES string of the molecule is CC(C1=NC(C)(C)C(=O)O1)C(C)C1=NC(C)(C)C(=O)O1. The summed E-state index contributed by atoms with van der Waals surface area (Å²) < 4.78 is 10.4. The molecule has 2 aliphatic heterocycles. The Kier molecular flexibility index (Phi) is 3.23. The van der Waals surface area contributed by atoms with E-state index in [-0.39, 0.29) is 23.8 Å². The molecule has 0 radical (unpaired) electrons. The van der Waals surface area contributed by atoms with Crippen molar-refractivity contribution in [2.24, 2.45) is 21.8 Å². The molecule has 2 unspecified atom stereocenters. The molecule has 0 saturated carbocycles. The van der Waals surface area contributed by atoms with Crippen molar-refractivity contribution >= 4 is 23.7 Å². The molecule has 0 amide bonds. The van der Waals surface area contributed by atoms with Gasteiger partial charge in [-0.05, 0) is 27.7 Å². The van der Waals surface area contributed by atoms with Gasteiger partial charge in [0.2, 0.25) is 0 Å². The summed E-state index contributed by atoms with van der Waals surface area (Å²) in [6.07, 6.45) is 0. The Hall–Kier alpha value is -1.72. The zero-order chi connectivity index (χ0) is 15.3. The van der Waals surface area contributed by atoms with Gasteiger partial charge in [0.05, 0.1) is 0 Å². The van der Waals surface area contributed by atoms with Crippen LogP contribution in [0.3, 0.4) is 0 Å². The van der Waals surface area contributed by atoms with E-state index in [9.17, 15) is 9.59 Å². The van der Waals surface area contributed by atoms with Crippen molar-refractivity contribution in [1.29, 1.82) is 0 Å². The van der Waals surface area contributed by atoms with E-state index < -0.39 is 11.1 Å². The van der Waals surface area contributed by atoms with Gasteiger partial charge in [0.15, 0.2) is 22.9 Å². The first-order valence-electron chi connectivity index (χ1n) is 6.68. The highest BCUT2D eigenvalue weighted by atomic mass is 16.6. The van der Waals surface area contributed by atoms with Crippen molar-refractivity contribution in [3.8, 4) is 0 Å². The fourth-order valence-electron chi connectivity index (χ4n) is 1.94. The molecular formula is C14H20N2O4. The van der Waals surface area contributed by atoms with Gasteiger partial charge < -0.3 is 9.47 Å². The van der Waals surface area contributed by atoms with Crippen molar-refractivity contribution in [3.05, 3.63) is 0 Å². The molecule has 0 aromatic carbocycles. The fraction of sp³-hybridized carbons (Fsp3) is 0.714. The molecule has 2 rings (SSSR count). The van der Waals surface area contributed by atoms with Gasteiger partial charge >= 0.3 is 11.9 Å². The quantitative estimate of drug-likeness (QED) is 0.737. The Morgan fingerprint density at radius 1 is 0.800 bits per heavy atom. The predicted molar refractivity (Wildman–Crippen MR) is 73.5 cm³/mol. The van der Waals surface area contributed by atoms with Crippen molar-refractivity contribution < 1.29 is 19.1 Å². The smallest absolute Gasteiger partial charge is 0.340 e. The Morgan fingerprint density at radius 3 is 1.30 bits per heavy atom. The van der Waals surface area contributed by atoms with Gasteiger partial charge in [-0.25, -0.2) is 19.6 Å². The van der Waals surface area contributed by atoms with E-state index in [0.29, 0.717) is 11.8 Å². The predicted octanol–water partition coefficient (Wildman–Crippen LogP) is 1.73. The van der Waals surface area contributed by atoms with Crippen LogP contribution in [0.25, 0.3) is 0 Å². The molecule has 6 heteroatoms. The maximum Gasteiger partial charge on any atom is 0.340 e. The topological polar surface area (TPSA) is 77.3 Å². The van der Waals surface area contributed by atoms with E-state index in [4.69, 9.17) is 9.47 Å². The number of cyclic esters (lactones) is 2. The third kappa shape index (κ3) is 2.34. The molecule has 0 bridgehead atoms. The van der Waals surface area contributed by atoms with Crippen LogP contribution in [-0.4, -0.2) is 34.8 Å². The van der Waals surface area contributed by atoms with Crippen LogP contribution in [0.1, 0.15) is 41.5 Å². The van der Waals surface area contributed by atoms with Crippen LogP contribution in [0.15, 0.2) is 9.98 Å². The van der Waals surface area contributed by atoms with E-state index in [2.05, 4.69) is 9.98 Å². The average Bonchev–Trinajstić information content (AvgIpc) is 2.75. The normalized spacial score (nSPS) is 26.5. The highest BCUT2D eigenvalue weighted by Gasteiger charge is 2.44. The summed E-state index contributed by atoms with van der Waals surface area (Å²) in [5, 5.41) is 0. The van der Waals surface area contributed by atoms with Crippen LogP contribution in [-0.2, 0) is 19.1 Å². The Bertz CT molecular complexity index is 483. The molecule has 0 fully saturated rings. The maximum absolute atomic E-state index is 11.7. The van der Waals surface area contributed by atoms with Gasteiger partial charge in [-0.1, -0.05) is 13.8 Å². The summed E-state index contributed by atoms with van der Waals surface area (Å²) in [6, 6.07) is 0. The third-order valence-corrected chi connectivity index (χ3v) is 3.70. The standard InChI is InChI=1S/C14H20N2O4/c1-7(9-15-13(3,4)11(17)19-9)8(2)10-16-14(5,6)12(18)20-10/h7-8H,1-6H3. The van der Waals surface area contributed by atoms with E-state index in [1.54, 1.807) is 27.7 Å². The number of aliphatic imine (C=N–C) groups is 2. The number of hydrogen-bond acceptors (Lipinski definition) is 6. The second kappa shape index (κ2) is 4.40. The molecular weight excluding hydrogens is 260 g/mol. The first-order chi connectivity index (χ1) is 9.04. The molecule has 0 saturated heterocycles. The minimum atomic E-state index is -0.850. The summed E-state index contributed by atoms with van der Waals surface area (Å²) in [4.78, 5) is 31.9. The lowest BCUT2D eigenvalue weighted by molar-refractivity contribution is -0.139. The largest absolute Gasteiger partial charge is 0.410 e. The van der Waals surface area contributed by atoms with Crippen molar-refractivity contribution in [2.75, 3.05) is 0 Å². The average molecular weight is 280 g/mol. The number of hydrogen-bond donors (Lipinski definition) is 0. The summed E-state index contributed by atoms with van der Waals surface area (Å²) >= 11 is 0.